The van der Waals surface area contributed by atoms with Crippen molar-refractivity contribution >= 4 is 10.0 Å². The summed E-state index contributed by atoms with van der Waals surface area (Å²) in [5.74, 6) is 0.433. The fourth-order valence-electron chi connectivity index (χ4n) is 2.05. The second-order valence-corrected chi connectivity index (χ2v) is 6.15. The molecule has 0 amide bonds. The van der Waals surface area contributed by atoms with Crippen molar-refractivity contribution in [1.82, 2.24) is 24.6 Å². The molecule has 21 heavy (non-hydrogen) atoms. The summed E-state index contributed by atoms with van der Waals surface area (Å²) in [6, 6.07) is 0. The number of aryl methyl sites for hydroxylation is 1. The summed E-state index contributed by atoms with van der Waals surface area (Å²) < 4.78 is 33.2. The SMILES string of the molecule is Cc1nn(CCO)c(C)c1S(=O)(=O)NCCc1ncon1. The molecule has 10 heteroatoms. The van der Waals surface area contributed by atoms with Crippen molar-refractivity contribution in [2.24, 2.45) is 0 Å². The van der Waals surface area contributed by atoms with Crippen molar-refractivity contribution in [3.05, 3.63) is 23.6 Å². The van der Waals surface area contributed by atoms with Gasteiger partial charge in [0.2, 0.25) is 16.4 Å². The Bertz CT molecular complexity index is 693. The molecule has 0 atom stereocenters. The minimum Gasteiger partial charge on any atom is -0.394 e. The summed E-state index contributed by atoms with van der Waals surface area (Å²) >= 11 is 0. The number of hydrogen-bond acceptors (Lipinski definition) is 7. The number of hydrogen-bond donors (Lipinski definition) is 2. The number of aliphatic hydroxyl groups excluding tert-OH is 1. The summed E-state index contributed by atoms with van der Waals surface area (Å²) in [6.07, 6.45) is 1.52. The molecule has 2 heterocycles. The topological polar surface area (TPSA) is 123 Å². The van der Waals surface area contributed by atoms with E-state index in [4.69, 9.17) is 5.11 Å². The summed E-state index contributed by atoms with van der Waals surface area (Å²) in [7, 11) is -3.67. The van der Waals surface area contributed by atoms with E-state index in [1.165, 1.54) is 11.1 Å². The van der Waals surface area contributed by atoms with Crippen molar-refractivity contribution in [2.75, 3.05) is 13.2 Å². The molecule has 0 saturated carbocycles. The molecule has 2 rings (SSSR count). The highest BCUT2D eigenvalue weighted by atomic mass is 32.2. The number of rotatable bonds is 7. The fraction of sp³-hybridized carbons (Fsp3) is 0.545. The third-order valence-corrected chi connectivity index (χ3v) is 4.66. The summed E-state index contributed by atoms with van der Waals surface area (Å²) in [6.45, 7) is 3.59. The highest BCUT2D eigenvalue weighted by molar-refractivity contribution is 7.89. The molecule has 116 valence electrons. The van der Waals surface area contributed by atoms with Crippen LogP contribution in [0.15, 0.2) is 15.8 Å². The van der Waals surface area contributed by atoms with Crippen LogP contribution < -0.4 is 4.72 Å². The highest BCUT2D eigenvalue weighted by Crippen LogP contribution is 2.18. The molecule has 0 spiro atoms. The molecule has 0 fully saturated rings. The normalized spacial score (nSPS) is 12.0. The first-order valence-electron chi connectivity index (χ1n) is 6.35. The zero-order valence-electron chi connectivity index (χ0n) is 11.8. The van der Waals surface area contributed by atoms with Gasteiger partial charge in [0, 0.05) is 13.0 Å². The van der Waals surface area contributed by atoms with E-state index >= 15 is 0 Å². The quantitative estimate of drug-likeness (QED) is 0.699. The van der Waals surface area contributed by atoms with E-state index in [9.17, 15) is 8.42 Å². The van der Waals surface area contributed by atoms with E-state index in [0.717, 1.165) is 0 Å². The number of sulfonamides is 1. The largest absolute Gasteiger partial charge is 0.394 e. The van der Waals surface area contributed by atoms with Gasteiger partial charge in [-0.3, -0.25) is 4.68 Å². The average Bonchev–Trinajstić information content (AvgIpc) is 2.99. The Morgan fingerprint density at radius 2 is 2.19 bits per heavy atom. The van der Waals surface area contributed by atoms with Gasteiger partial charge in [0.15, 0.2) is 5.82 Å². The van der Waals surface area contributed by atoms with E-state index in [1.807, 2.05) is 0 Å². The van der Waals surface area contributed by atoms with Gasteiger partial charge in [0.1, 0.15) is 4.90 Å². The maximum atomic E-state index is 12.3. The second-order valence-electron chi connectivity index (χ2n) is 4.44. The maximum Gasteiger partial charge on any atom is 0.244 e. The van der Waals surface area contributed by atoms with Gasteiger partial charge in [-0.05, 0) is 13.8 Å². The van der Waals surface area contributed by atoms with Crippen LogP contribution in [-0.4, -0.2) is 46.6 Å². The van der Waals surface area contributed by atoms with Crippen molar-refractivity contribution in [2.45, 2.75) is 31.7 Å². The molecule has 0 bridgehead atoms. The molecule has 0 aliphatic carbocycles. The van der Waals surface area contributed by atoms with Gasteiger partial charge in [0.05, 0.1) is 24.5 Å². The lowest BCUT2D eigenvalue weighted by Gasteiger charge is -2.06. The molecular formula is C11H17N5O4S. The number of aromatic nitrogens is 4. The lowest BCUT2D eigenvalue weighted by molar-refractivity contribution is 0.267. The minimum atomic E-state index is -3.67. The van der Waals surface area contributed by atoms with Gasteiger partial charge in [-0.1, -0.05) is 5.16 Å². The third kappa shape index (κ3) is 3.46. The lowest BCUT2D eigenvalue weighted by Crippen LogP contribution is -2.27. The highest BCUT2D eigenvalue weighted by Gasteiger charge is 2.24. The molecule has 0 aliphatic rings. The standard InChI is InChI=1S/C11H17N5O4S/c1-8-11(9(2)16(14-8)5-6-17)21(18,19)13-4-3-10-12-7-20-15-10/h7,13,17H,3-6H2,1-2H3. The Kier molecular flexibility index (Phi) is 4.70. The summed E-state index contributed by atoms with van der Waals surface area (Å²) in [4.78, 5) is 3.96. The Labute approximate surface area is 122 Å². The third-order valence-electron chi connectivity index (χ3n) is 2.94. The zero-order valence-corrected chi connectivity index (χ0v) is 12.6. The van der Waals surface area contributed by atoms with Crippen LogP contribution in [0, 0.1) is 13.8 Å². The molecule has 0 aliphatic heterocycles. The Morgan fingerprint density at radius 3 is 2.81 bits per heavy atom. The Balaban J connectivity index is 2.12. The predicted octanol–water partition coefficient (Wildman–Crippen LogP) is -0.604. The van der Waals surface area contributed by atoms with Crippen molar-refractivity contribution in [1.29, 1.82) is 0 Å². The number of nitrogens with zero attached hydrogens (tertiary/aromatic N) is 4. The van der Waals surface area contributed by atoms with E-state index in [-0.39, 0.29) is 24.6 Å². The molecule has 0 aromatic carbocycles. The fourth-order valence-corrected chi connectivity index (χ4v) is 3.49. The van der Waals surface area contributed by atoms with Gasteiger partial charge in [-0.2, -0.15) is 10.1 Å². The molecular weight excluding hydrogens is 298 g/mol. The van der Waals surface area contributed by atoms with Crippen LogP contribution in [-0.2, 0) is 23.0 Å². The van der Waals surface area contributed by atoms with Crippen LogP contribution in [0.3, 0.4) is 0 Å². The van der Waals surface area contributed by atoms with E-state index in [0.29, 0.717) is 23.6 Å². The van der Waals surface area contributed by atoms with E-state index < -0.39 is 10.0 Å². The van der Waals surface area contributed by atoms with Crippen LogP contribution in [0.25, 0.3) is 0 Å². The molecule has 2 aromatic rings. The van der Waals surface area contributed by atoms with Crippen molar-refractivity contribution < 1.29 is 18.0 Å². The molecule has 0 unspecified atom stereocenters. The molecule has 2 N–H and O–H groups in total. The molecule has 0 saturated heterocycles. The zero-order chi connectivity index (χ0) is 15.5. The minimum absolute atomic E-state index is 0.104. The van der Waals surface area contributed by atoms with Gasteiger partial charge in [0.25, 0.3) is 0 Å². The first-order valence-corrected chi connectivity index (χ1v) is 7.84. The number of aliphatic hydroxyl groups is 1. The second kappa shape index (κ2) is 6.33. The average molecular weight is 315 g/mol. The van der Waals surface area contributed by atoms with E-state index in [1.54, 1.807) is 13.8 Å². The maximum absolute atomic E-state index is 12.3. The van der Waals surface area contributed by atoms with Gasteiger partial charge >= 0.3 is 0 Å². The first-order chi connectivity index (χ1) is 9.95. The van der Waals surface area contributed by atoms with E-state index in [2.05, 4.69) is 24.5 Å². The Hall–Kier alpha value is -1.78. The monoisotopic (exact) mass is 315 g/mol. The van der Waals surface area contributed by atoms with Crippen LogP contribution in [0.2, 0.25) is 0 Å². The number of nitrogens with one attached hydrogen (secondary N) is 1. The Morgan fingerprint density at radius 1 is 1.43 bits per heavy atom. The van der Waals surface area contributed by atoms with Gasteiger partial charge < -0.3 is 9.63 Å². The van der Waals surface area contributed by atoms with Crippen LogP contribution >= 0.6 is 0 Å². The van der Waals surface area contributed by atoms with Crippen molar-refractivity contribution in [3.8, 4) is 0 Å². The molecule has 2 aromatic heterocycles. The lowest BCUT2D eigenvalue weighted by atomic mass is 10.4. The molecule has 0 radical (unpaired) electrons. The van der Waals surface area contributed by atoms with Crippen molar-refractivity contribution in [3.63, 3.8) is 0 Å². The smallest absolute Gasteiger partial charge is 0.244 e. The van der Waals surface area contributed by atoms with Gasteiger partial charge in [-0.15, -0.1) is 0 Å². The summed E-state index contributed by atoms with van der Waals surface area (Å²) in [5.41, 5.74) is 0.890. The summed E-state index contributed by atoms with van der Waals surface area (Å²) in [5, 5.41) is 16.7. The first kappa shape index (κ1) is 15.6. The molecule has 9 nitrogen and oxygen atoms in total. The predicted molar refractivity (Wildman–Crippen MR) is 72.0 cm³/mol. The van der Waals surface area contributed by atoms with Crippen LogP contribution in [0.5, 0.6) is 0 Å². The van der Waals surface area contributed by atoms with Gasteiger partial charge in [-0.25, -0.2) is 13.1 Å². The van der Waals surface area contributed by atoms with Crippen LogP contribution in [0.4, 0.5) is 0 Å². The van der Waals surface area contributed by atoms with Crippen LogP contribution in [0.1, 0.15) is 17.2 Å².